The fraction of sp³-hybridized carbons (Fsp3) is 0.263. The lowest BCUT2D eigenvalue weighted by atomic mass is 9.98. The van der Waals surface area contributed by atoms with Crippen molar-refractivity contribution in [3.63, 3.8) is 0 Å². The van der Waals surface area contributed by atoms with Crippen LogP contribution in [0.3, 0.4) is 0 Å². The van der Waals surface area contributed by atoms with E-state index in [1.54, 1.807) is 24.3 Å². The van der Waals surface area contributed by atoms with Crippen molar-refractivity contribution < 1.29 is 18.4 Å². The first-order chi connectivity index (χ1) is 11.8. The summed E-state index contributed by atoms with van der Waals surface area (Å²) >= 11 is 0. The third-order valence-electron chi connectivity index (χ3n) is 3.83. The minimum absolute atomic E-state index is 0.107. The summed E-state index contributed by atoms with van der Waals surface area (Å²) in [6.45, 7) is 1.26. The van der Waals surface area contributed by atoms with Crippen molar-refractivity contribution in [2.24, 2.45) is 0 Å². The van der Waals surface area contributed by atoms with E-state index in [1.807, 2.05) is 0 Å². The van der Waals surface area contributed by atoms with E-state index in [0.717, 1.165) is 0 Å². The SMILES string of the molecule is CC(=O)N(C)CC(=O)N[C@H](Cc1cccc(F)c1)c1cccc(F)c1. The molecular weight excluding hydrogens is 326 g/mol. The highest BCUT2D eigenvalue weighted by Gasteiger charge is 2.18. The molecule has 0 spiro atoms. The van der Waals surface area contributed by atoms with Gasteiger partial charge < -0.3 is 10.2 Å². The predicted octanol–water partition coefficient (Wildman–Crippen LogP) is 2.84. The van der Waals surface area contributed by atoms with E-state index in [0.29, 0.717) is 17.5 Å². The fourth-order valence-electron chi connectivity index (χ4n) is 2.44. The molecule has 6 heteroatoms. The van der Waals surface area contributed by atoms with Gasteiger partial charge in [-0.2, -0.15) is 0 Å². The van der Waals surface area contributed by atoms with Crippen LogP contribution in [-0.2, 0) is 16.0 Å². The quantitative estimate of drug-likeness (QED) is 0.874. The second-order valence-electron chi connectivity index (χ2n) is 5.88. The summed E-state index contributed by atoms with van der Waals surface area (Å²) in [6.07, 6.45) is 0.302. The summed E-state index contributed by atoms with van der Waals surface area (Å²) in [4.78, 5) is 24.8. The third-order valence-corrected chi connectivity index (χ3v) is 3.83. The maximum Gasteiger partial charge on any atom is 0.240 e. The van der Waals surface area contributed by atoms with Gasteiger partial charge in [0.2, 0.25) is 11.8 Å². The minimum Gasteiger partial charge on any atom is -0.347 e. The van der Waals surface area contributed by atoms with Crippen LogP contribution in [0.4, 0.5) is 8.78 Å². The lowest BCUT2D eigenvalue weighted by molar-refractivity contribution is -0.133. The molecule has 0 heterocycles. The number of hydrogen-bond donors (Lipinski definition) is 1. The smallest absolute Gasteiger partial charge is 0.240 e. The number of benzene rings is 2. The normalized spacial score (nSPS) is 11.7. The average molecular weight is 346 g/mol. The largest absolute Gasteiger partial charge is 0.347 e. The van der Waals surface area contributed by atoms with Gasteiger partial charge in [-0.15, -0.1) is 0 Å². The van der Waals surface area contributed by atoms with Gasteiger partial charge >= 0.3 is 0 Å². The highest BCUT2D eigenvalue weighted by Crippen LogP contribution is 2.20. The molecule has 0 bridgehead atoms. The molecule has 0 aliphatic carbocycles. The molecule has 0 aliphatic rings. The number of nitrogens with one attached hydrogen (secondary N) is 1. The molecule has 0 radical (unpaired) electrons. The van der Waals surface area contributed by atoms with Crippen molar-refractivity contribution in [2.45, 2.75) is 19.4 Å². The van der Waals surface area contributed by atoms with Gasteiger partial charge in [0.05, 0.1) is 12.6 Å². The zero-order valence-electron chi connectivity index (χ0n) is 14.1. The molecule has 0 saturated heterocycles. The number of nitrogens with zero attached hydrogens (tertiary/aromatic N) is 1. The summed E-state index contributed by atoms with van der Waals surface area (Å²) in [5.41, 5.74) is 1.25. The number of rotatable bonds is 6. The average Bonchev–Trinajstić information content (AvgIpc) is 2.54. The molecule has 2 aromatic carbocycles. The number of amides is 2. The zero-order valence-corrected chi connectivity index (χ0v) is 14.1. The summed E-state index contributed by atoms with van der Waals surface area (Å²) in [5.74, 6) is -1.40. The van der Waals surface area contributed by atoms with E-state index in [-0.39, 0.29) is 24.2 Å². The molecule has 2 amide bonds. The van der Waals surface area contributed by atoms with Gasteiger partial charge in [0.25, 0.3) is 0 Å². The van der Waals surface area contributed by atoms with E-state index >= 15 is 0 Å². The molecule has 4 nitrogen and oxygen atoms in total. The lowest BCUT2D eigenvalue weighted by Crippen LogP contribution is -2.39. The Morgan fingerprint density at radius 3 is 2.32 bits per heavy atom. The molecule has 0 unspecified atom stereocenters. The molecule has 25 heavy (non-hydrogen) atoms. The topological polar surface area (TPSA) is 49.4 Å². The maximum absolute atomic E-state index is 13.6. The Balaban J connectivity index is 2.20. The minimum atomic E-state index is -0.537. The van der Waals surface area contributed by atoms with Crippen molar-refractivity contribution in [1.82, 2.24) is 10.2 Å². The molecular formula is C19H20F2N2O2. The fourth-order valence-corrected chi connectivity index (χ4v) is 2.44. The Hall–Kier alpha value is -2.76. The standard InChI is InChI=1S/C19H20F2N2O2/c1-13(24)23(2)12-19(25)22-18(15-6-4-8-17(21)11-15)10-14-5-3-7-16(20)9-14/h3-9,11,18H,10,12H2,1-2H3,(H,22,25)/t18-/m1/s1. The molecule has 1 N–H and O–H groups in total. The van der Waals surface area contributed by atoms with Crippen LogP contribution in [-0.4, -0.2) is 30.3 Å². The summed E-state index contributed by atoms with van der Waals surface area (Å²) in [6, 6.07) is 11.4. The summed E-state index contributed by atoms with van der Waals surface area (Å²) < 4.78 is 27.0. The van der Waals surface area contributed by atoms with Gasteiger partial charge in [0, 0.05) is 14.0 Å². The zero-order chi connectivity index (χ0) is 18.4. The van der Waals surface area contributed by atoms with Gasteiger partial charge in [0.1, 0.15) is 11.6 Å². The van der Waals surface area contributed by atoms with E-state index < -0.39 is 11.9 Å². The van der Waals surface area contributed by atoms with Crippen LogP contribution in [0.15, 0.2) is 48.5 Å². The molecule has 1 atom stereocenters. The van der Waals surface area contributed by atoms with Crippen molar-refractivity contribution in [1.29, 1.82) is 0 Å². The Morgan fingerprint density at radius 1 is 1.08 bits per heavy atom. The first kappa shape index (κ1) is 18.6. The van der Waals surface area contributed by atoms with Gasteiger partial charge in [-0.1, -0.05) is 24.3 Å². The summed E-state index contributed by atoms with van der Waals surface area (Å²) in [5, 5.41) is 2.79. The molecule has 132 valence electrons. The number of halogens is 2. The van der Waals surface area contributed by atoms with Crippen molar-refractivity contribution in [3.05, 3.63) is 71.3 Å². The van der Waals surface area contributed by atoms with Crippen LogP contribution in [0.1, 0.15) is 24.1 Å². The highest BCUT2D eigenvalue weighted by molar-refractivity contribution is 5.83. The molecule has 0 aromatic heterocycles. The van der Waals surface area contributed by atoms with E-state index in [2.05, 4.69) is 5.32 Å². The molecule has 0 aliphatic heterocycles. The molecule has 0 fully saturated rings. The first-order valence-corrected chi connectivity index (χ1v) is 7.86. The second kappa shape index (κ2) is 8.37. The van der Waals surface area contributed by atoms with Crippen LogP contribution >= 0.6 is 0 Å². The summed E-state index contributed by atoms with van der Waals surface area (Å²) in [7, 11) is 1.52. The monoisotopic (exact) mass is 346 g/mol. The van der Waals surface area contributed by atoms with Crippen LogP contribution in [0.25, 0.3) is 0 Å². The van der Waals surface area contributed by atoms with Crippen LogP contribution < -0.4 is 5.32 Å². The predicted molar refractivity (Wildman–Crippen MR) is 90.7 cm³/mol. The number of likely N-dealkylation sites (N-methyl/N-ethyl adjacent to an activating group) is 1. The van der Waals surface area contributed by atoms with Crippen LogP contribution in [0.5, 0.6) is 0 Å². The van der Waals surface area contributed by atoms with Crippen LogP contribution in [0, 0.1) is 11.6 Å². The number of carbonyl (C=O) groups excluding carboxylic acids is 2. The number of carbonyl (C=O) groups is 2. The first-order valence-electron chi connectivity index (χ1n) is 7.86. The Morgan fingerprint density at radius 2 is 1.72 bits per heavy atom. The van der Waals surface area contributed by atoms with Gasteiger partial charge in [-0.3, -0.25) is 9.59 Å². The van der Waals surface area contributed by atoms with Crippen molar-refractivity contribution in [3.8, 4) is 0 Å². The molecule has 2 aromatic rings. The Kier molecular flexibility index (Phi) is 6.22. The second-order valence-corrected chi connectivity index (χ2v) is 5.88. The van der Waals surface area contributed by atoms with Gasteiger partial charge in [0.15, 0.2) is 0 Å². The maximum atomic E-state index is 13.6. The van der Waals surface area contributed by atoms with Crippen LogP contribution in [0.2, 0.25) is 0 Å². The van der Waals surface area contributed by atoms with E-state index in [1.165, 1.54) is 43.1 Å². The molecule has 0 saturated carbocycles. The van der Waals surface area contributed by atoms with E-state index in [9.17, 15) is 18.4 Å². The van der Waals surface area contributed by atoms with E-state index in [4.69, 9.17) is 0 Å². The Bertz CT molecular complexity index is 765. The number of hydrogen-bond acceptors (Lipinski definition) is 2. The van der Waals surface area contributed by atoms with Crippen molar-refractivity contribution in [2.75, 3.05) is 13.6 Å². The van der Waals surface area contributed by atoms with Gasteiger partial charge in [-0.25, -0.2) is 8.78 Å². The molecule has 2 rings (SSSR count). The third kappa shape index (κ3) is 5.67. The highest BCUT2D eigenvalue weighted by atomic mass is 19.1. The Labute approximate surface area is 145 Å². The van der Waals surface area contributed by atoms with Gasteiger partial charge in [-0.05, 0) is 41.8 Å². The van der Waals surface area contributed by atoms with Crippen molar-refractivity contribution >= 4 is 11.8 Å². The lowest BCUT2D eigenvalue weighted by Gasteiger charge is -2.22.